The van der Waals surface area contributed by atoms with Crippen molar-refractivity contribution in [2.45, 2.75) is 52.9 Å². The average Bonchev–Trinajstić information content (AvgIpc) is 3.80. The number of rotatable bonds is 13. The van der Waals surface area contributed by atoms with Gasteiger partial charge < -0.3 is 26.6 Å². The van der Waals surface area contributed by atoms with Crippen LogP contribution in [0.15, 0.2) is 35.3 Å². The Morgan fingerprint density at radius 2 is 1.90 bits per heavy atom. The van der Waals surface area contributed by atoms with E-state index >= 15 is 0 Å². The molecule has 1 aliphatic rings. The zero-order valence-electron chi connectivity index (χ0n) is 24.8. The molecule has 1 saturated carbocycles. The number of allylic oxidation sites excluding steroid dienone is 1. The molecule has 2 aromatic rings. The molecule has 1 aromatic heterocycles. The van der Waals surface area contributed by atoms with Gasteiger partial charge in [-0.05, 0) is 43.7 Å². The number of aliphatic imine (C=N–C) groups is 1. The van der Waals surface area contributed by atoms with Crippen LogP contribution in [0.2, 0.25) is 0 Å². The summed E-state index contributed by atoms with van der Waals surface area (Å²) in [6.07, 6.45) is 6.89. The van der Waals surface area contributed by atoms with Crippen LogP contribution >= 0.6 is 0 Å². The molecule has 5 N–H and O–H groups in total. The van der Waals surface area contributed by atoms with Gasteiger partial charge in [-0.25, -0.2) is 0 Å². The zero-order valence-corrected chi connectivity index (χ0v) is 24.8. The summed E-state index contributed by atoms with van der Waals surface area (Å²) in [6.45, 7) is 6.67. The van der Waals surface area contributed by atoms with Crippen molar-refractivity contribution in [1.82, 2.24) is 15.5 Å². The molecule has 0 aliphatic heterocycles. The summed E-state index contributed by atoms with van der Waals surface area (Å²) in [5, 5.41) is 16.9. The molecule has 10 nitrogen and oxygen atoms in total. The molecule has 216 valence electrons. The summed E-state index contributed by atoms with van der Waals surface area (Å²) in [4.78, 5) is 31.5. The summed E-state index contributed by atoms with van der Waals surface area (Å²) in [5.41, 5.74) is 11.2. The predicted octanol–water partition coefficient (Wildman–Crippen LogP) is 4.83. The number of hydrogen-bond donors (Lipinski definition) is 4. The average molecular weight is 549 g/mol. The molecule has 0 radical (unpaired) electrons. The first-order valence-electron chi connectivity index (χ1n) is 14.1. The second-order valence-electron chi connectivity index (χ2n) is 10.7. The first-order valence-corrected chi connectivity index (χ1v) is 14.1. The van der Waals surface area contributed by atoms with Gasteiger partial charge in [0.1, 0.15) is 0 Å². The van der Waals surface area contributed by atoms with Crippen molar-refractivity contribution in [1.29, 1.82) is 0 Å². The Morgan fingerprint density at radius 3 is 2.48 bits per heavy atom. The fourth-order valence-electron chi connectivity index (χ4n) is 4.66. The summed E-state index contributed by atoms with van der Waals surface area (Å²) in [7, 11) is 7.23. The minimum Gasteiger partial charge on any atom is -0.398 e. The molecule has 1 aromatic carbocycles. The second kappa shape index (κ2) is 13.9. The molecule has 2 atom stereocenters. The van der Waals surface area contributed by atoms with E-state index in [-0.39, 0.29) is 23.3 Å². The molecular weight excluding hydrogens is 504 g/mol. The van der Waals surface area contributed by atoms with Gasteiger partial charge in [-0.3, -0.25) is 14.6 Å². The topological polar surface area (TPSA) is 138 Å². The number of carbonyl (C=O) groups is 2. The molecule has 1 fully saturated rings. The third-order valence-corrected chi connectivity index (χ3v) is 7.36. The number of anilines is 4. The minimum absolute atomic E-state index is 0.0117. The fourth-order valence-corrected chi connectivity index (χ4v) is 4.66. The van der Waals surface area contributed by atoms with E-state index in [0.717, 1.165) is 54.8 Å². The van der Waals surface area contributed by atoms with Gasteiger partial charge in [-0.1, -0.05) is 39.3 Å². The highest BCUT2D eigenvalue weighted by Gasteiger charge is 2.30. The maximum atomic E-state index is 12.6. The molecule has 0 bridgehead atoms. The molecule has 0 spiro atoms. The maximum Gasteiger partial charge on any atom is 0.273 e. The van der Waals surface area contributed by atoms with Crippen molar-refractivity contribution in [3.63, 3.8) is 0 Å². The Bertz CT molecular complexity index is 1270. The number of nitrogens with one attached hydrogen (secondary N) is 3. The molecule has 0 saturated heterocycles. The first kappa shape index (κ1) is 30.6. The Hall–Kier alpha value is -3.95. The third-order valence-electron chi connectivity index (χ3n) is 7.36. The van der Waals surface area contributed by atoms with Crippen molar-refractivity contribution >= 4 is 46.1 Å². The van der Waals surface area contributed by atoms with Crippen molar-refractivity contribution in [2.75, 3.05) is 43.7 Å². The Morgan fingerprint density at radius 1 is 1.18 bits per heavy atom. The molecule has 40 heavy (non-hydrogen) atoms. The van der Waals surface area contributed by atoms with Crippen LogP contribution in [0, 0.1) is 17.8 Å². The lowest BCUT2D eigenvalue weighted by Gasteiger charge is -2.24. The quantitative estimate of drug-likeness (QED) is 0.263. The molecule has 10 heteroatoms. The summed E-state index contributed by atoms with van der Waals surface area (Å²) in [6, 6.07) is 7.43. The monoisotopic (exact) mass is 548 g/mol. The number of nitrogens with two attached hydrogens (primary N) is 1. The van der Waals surface area contributed by atoms with Crippen LogP contribution in [0.3, 0.4) is 0 Å². The summed E-state index contributed by atoms with van der Waals surface area (Å²) >= 11 is 0. The smallest absolute Gasteiger partial charge is 0.273 e. The molecule has 1 aliphatic carbocycles. The standard InChI is InChI=1S/C30H44N8O2/c1-8-18(3)15-19(9-2)24(32-4)16-22(31)21-11-10-12-23(28(21)38(6)7)34-25-17-26(35-29(39)20-13-14-20)36-37-27(25)30(40)33-5/h10-12,16-20H,8-9,13-15,31H2,1-7H3,(H,33,40)(H2,34,35,36,39)/b22-16-,32-24?. The number of carbonyl (C=O) groups excluding carboxylic acids is 2. The highest BCUT2D eigenvalue weighted by molar-refractivity contribution is 6.04. The van der Waals surface area contributed by atoms with E-state index in [9.17, 15) is 9.59 Å². The number of para-hydroxylation sites is 1. The van der Waals surface area contributed by atoms with Crippen LogP contribution in [0.25, 0.3) is 5.70 Å². The third kappa shape index (κ3) is 7.58. The van der Waals surface area contributed by atoms with Crippen molar-refractivity contribution in [3.8, 4) is 0 Å². The van der Waals surface area contributed by atoms with Crippen LogP contribution < -0.4 is 26.6 Å². The van der Waals surface area contributed by atoms with Gasteiger partial charge in [-0.15, -0.1) is 10.2 Å². The van der Waals surface area contributed by atoms with Crippen LogP contribution in [-0.2, 0) is 4.79 Å². The fraction of sp³-hybridized carbons (Fsp3) is 0.500. The normalized spacial score (nSPS) is 15.3. The number of amides is 2. The molecule has 1 heterocycles. The summed E-state index contributed by atoms with van der Waals surface area (Å²) in [5.74, 6) is 0.734. The van der Waals surface area contributed by atoms with Gasteiger partial charge in [0.05, 0.1) is 17.1 Å². The van der Waals surface area contributed by atoms with Crippen molar-refractivity contribution in [3.05, 3.63) is 41.6 Å². The molecule has 2 unspecified atom stereocenters. The van der Waals surface area contributed by atoms with E-state index < -0.39 is 5.91 Å². The zero-order chi connectivity index (χ0) is 29.4. The van der Waals surface area contributed by atoms with E-state index in [1.54, 1.807) is 6.07 Å². The second-order valence-corrected chi connectivity index (χ2v) is 10.7. The lowest BCUT2D eigenvalue weighted by atomic mass is 9.87. The van der Waals surface area contributed by atoms with E-state index in [2.05, 4.69) is 51.9 Å². The van der Waals surface area contributed by atoms with Crippen LogP contribution in [0.1, 0.15) is 68.9 Å². The first-order chi connectivity index (χ1) is 19.1. The van der Waals surface area contributed by atoms with Gasteiger partial charge >= 0.3 is 0 Å². The predicted molar refractivity (Wildman–Crippen MR) is 164 cm³/mol. The molecule has 2 amide bonds. The van der Waals surface area contributed by atoms with Crippen LogP contribution in [0.4, 0.5) is 22.9 Å². The summed E-state index contributed by atoms with van der Waals surface area (Å²) < 4.78 is 0. The maximum absolute atomic E-state index is 12.6. The van der Waals surface area contributed by atoms with Gasteiger partial charge in [0, 0.05) is 63.1 Å². The van der Waals surface area contributed by atoms with Gasteiger partial charge in [0.25, 0.3) is 5.91 Å². The molecular formula is C30H44N8O2. The van der Waals surface area contributed by atoms with Gasteiger partial charge in [0.2, 0.25) is 5.91 Å². The van der Waals surface area contributed by atoms with Crippen molar-refractivity contribution in [2.24, 2.45) is 28.5 Å². The SMILES string of the molecule is CCC(C)CC(CC)C(/C=C(\N)c1cccc(Nc2cc(NC(=O)C3CC3)nnc2C(=O)NC)c1N(C)C)=NC. The Balaban J connectivity index is 2.02. The van der Waals surface area contributed by atoms with Crippen molar-refractivity contribution < 1.29 is 9.59 Å². The van der Waals surface area contributed by atoms with E-state index in [1.165, 1.54) is 7.05 Å². The minimum atomic E-state index is -0.396. The lowest BCUT2D eigenvalue weighted by Crippen LogP contribution is -2.23. The Labute approximate surface area is 237 Å². The Kier molecular flexibility index (Phi) is 10.6. The highest BCUT2D eigenvalue weighted by atomic mass is 16.2. The highest BCUT2D eigenvalue weighted by Crippen LogP contribution is 2.36. The largest absolute Gasteiger partial charge is 0.398 e. The van der Waals surface area contributed by atoms with Crippen LogP contribution in [-0.4, -0.2) is 55.9 Å². The van der Waals surface area contributed by atoms with Crippen LogP contribution in [0.5, 0.6) is 0 Å². The number of nitrogens with zero attached hydrogens (tertiary/aromatic N) is 4. The lowest BCUT2D eigenvalue weighted by molar-refractivity contribution is -0.117. The number of aromatic nitrogens is 2. The number of benzene rings is 1. The van der Waals surface area contributed by atoms with Gasteiger partial charge in [0.15, 0.2) is 11.5 Å². The van der Waals surface area contributed by atoms with E-state index in [1.807, 2.05) is 50.3 Å². The molecule has 3 rings (SSSR count). The van der Waals surface area contributed by atoms with E-state index in [0.29, 0.717) is 23.2 Å². The van der Waals surface area contributed by atoms with E-state index in [4.69, 9.17) is 5.73 Å². The number of hydrogen-bond acceptors (Lipinski definition) is 8. The van der Waals surface area contributed by atoms with Gasteiger partial charge in [-0.2, -0.15) is 0 Å².